The van der Waals surface area contributed by atoms with Crippen LogP contribution in [0, 0.1) is 12.8 Å². The summed E-state index contributed by atoms with van der Waals surface area (Å²) >= 11 is 0. The lowest BCUT2D eigenvalue weighted by atomic mass is 9.98. The molecule has 3 rings (SSSR count). The molecule has 0 bridgehead atoms. The van der Waals surface area contributed by atoms with Crippen LogP contribution in [0.3, 0.4) is 0 Å². The van der Waals surface area contributed by atoms with Crippen LogP contribution in [0.2, 0.25) is 0 Å². The third-order valence-electron chi connectivity index (χ3n) is 6.66. The van der Waals surface area contributed by atoms with Gasteiger partial charge in [-0.1, -0.05) is 96.9 Å². The molecule has 0 N–H and O–H groups in total. The summed E-state index contributed by atoms with van der Waals surface area (Å²) < 4.78 is 4.42. The van der Waals surface area contributed by atoms with Crippen molar-refractivity contribution in [2.24, 2.45) is 20.0 Å². The predicted molar refractivity (Wildman–Crippen MR) is 154 cm³/mol. The molecule has 1 aromatic carbocycles. The van der Waals surface area contributed by atoms with Gasteiger partial charge in [-0.15, -0.1) is 13.2 Å². The monoisotopic (exact) mass is 496 g/mol. The maximum atomic E-state index is 12.5. The molecule has 1 unspecified atom stereocenters. The Bertz CT molecular complexity index is 1170. The lowest BCUT2D eigenvalue weighted by Crippen LogP contribution is -2.37. The molecule has 2 heterocycles. The molecular weight excluding hydrogens is 448 g/mol. The van der Waals surface area contributed by atoms with Gasteiger partial charge in [0.15, 0.2) is 11.2 Å². The largest absolute Gasteiger partial charge is 0.332 e. The van der Waals surface area contributed by atoms with E-state index in [9.17, 15) is 9.59 Å². The molecule has 0 aliphatic rings. The van der Waals surface area contributed by atoms with Crippen molar-refractivity contribution in [3.8, 4) is 0 Å². The van der Waals surface area contributed by atoms with Crippen LogP contribution in [0.1, 0.15) is 89.6 Å². The van der Waals surface area contributed by atoms with Gasteiger partial charge in [0.2, 0.25) is 0 Å². The quantitative estimate of drug-likeness (QED) is 0.236. The number of aromatic nitrogens is 4. The molecule has 6 heteroatoms. The van der Waals surface area contributed by atoms with Crippen LogP contribution in [-0.2, 0) is 27.1 Å². The van der Waals surface area contributed by atoms with E-state index in [-0.39, 0.29) is 11.2 Å². The van der Waals surface area contributed by atoms with E-state index in [0.29, 0.717) is 17.7 Å². The highest BCUT2D eigenvalue weighted by Gasteiger charge is 2.17. The smallest absolute Gasteiger partial charge is 0.318 e. The highest BCUT2D eigenvalue weighted by molar-refractivity contribution is 5.71. The van der Waals surface area contributed by atoms with Gasteiger partial charge in [0, 0.05) is 20.6 Å². The van der Waals surface area contributed by atoms with Crippen molar-refractivity contribution >= 4 is 11.2 Å². The molecule has 200 valence electrons. The third kappa shape index (κ3) is 8.35. The zero-order chi connectivity index (χ0) is 27.3. The van der Waals surface area contributed by atoms with Gasteiger partial charge in [0.25, 0.3) is 5.56 Å². The summed E-state index contributed by atoms with van der Waals surface area (Å²) in [6.45, 7) is 17.5. The Morgan fingerprint density at radius 1 is 0.861 bits per heavy atom. The molecule has 0 aliphatic heterocycles. The van der Waals surface area contributed by atoms with Crippen LogP contribution in [0.25, 0.3) is 11.2 Å². The zero-order valence-corrected chi connectivity index (χ0v) is 23.8. The minimum absolute atomic E-state index is 0.311. The first-order chi connectivity index (χ1) is 17.2. The van der Waals surface area contributed by atoms with E-state index in [0.717, 1.165) is 28.3 Å². The van der Waals surface area contributed by atoms with Crippen molar-refractivity contribution in [3.63, 3.8) is 0 Å². The molecule has 0 radical (unpaired) electrons. The van der Waals surface area contributed by atoms with Crippen LogP contribution in [0.4, 0.5) is 0 Å². The minimum atomic E-state index is -0.362. The Balaban J connectivity index is 0.000000423. The van der Waals surface area contributed by atoms with Crippen LogP contribution < -0.4 is 11.2 Å². The van der Waals surface area contributed by atoms with Gasteiger partial charge in [-0.3, -0.25) is 13.9 Å². The summed E-state index contributed by atoms with van der Waals surface area (Å²) in [5.41, 5.74) is 2.60. The van der Waals surface area contributed by atoms with Crippen molar-refractivity contribution in [2.75, 3.05) is 0 Å². The summed E-state index contributed by atoms with van der Waals surface area (Å²) in [7, 11) is 3.13. The topological polar surface area (TPSA) is 61.8 Å². The van der Waals surface area contributed by atoms with Gasteiger partial charge in [-0.25, -0.2) is 9.78 Å². The van der Waals surface area contributed by atoms with Crippen LogP contribution in [0.15, 0.2) is 47.0 Å². The van der Waals surface area contributed by atoms with Crippen LogP contribution >= 0.6 is 0 Å². The highest BCUT2D eigenvalue weighted by Crippen LogP contribution is 2.16. The van der Waals surface area contributed by atoms with E-state index in [4.69, 9.17) is 0 Å². The molecule has 0 saturated heterocycles. The van der Waals surface area contributed by atoms with E-state index < -0.39 is 0 Å². The molecule has 0 spiro atoms. The van der Waals surface area contributed by atoms with Crippen molar-refractivity contribution in [1.29, 1.82) is 0 Å². The number of hydrogen-bond donors (Lipinski definition) is 0. The number of unbranched alkanes of at least 4 members (excludes halogenated alkanes) is 3. The number of aryl methyl sites for hydroxylation is 3. The third-order valence-corrected chi connectivity index (χ3v) is 6.66. The standard InChI is InChI=1S/C17H20N4O2.C11H24.C2H4/c1-5-12-6-8-13(9-7-12)10-21-11(2)18-15-14(21)16(22)20(4)17(23)19(15)3;1-4-6-8-10-11(3)9-7-5-2;1-2/h6-9H,5,10H2,1-4H3;11H,4-10H2,1-3H3;1-2H2. The Labute approximate surface area is 217 Å². The van der Waals surface area contributed by atoms with E-state index in [2.05, 4.69) is 70.1 Å². The number of benzene rings is 1. The van der Waals surface area contributed by atoms with Crippen molar-refractivity contribution < 1.29 is 0 Å². The molecule has 3 aromatic rings. The van der Waals surface area contributed by atoms with E-state index in [1.54, 1.807) is 7.05 Å². The van der Waals surface area contributed by atoms with Gasteiger partial charge in [-0.05, 0) is 30.4 Å². The predicted octanol–water partition coefficient (Wildman–Crippen LogP) is 6.55. The van der Waals surface area contributed by atoms with Crippen molar-refractivity contribution in [3.05, 3.63) is 75.2 Å². The summed E-state index contributed by atoms with van der Waals surface area (Å²) in [5, 5.41) is 0. The number of nitrogens with zero attached hydrogens (tertiary/aromatic N) is 4. The SMILES string of the molecule is C=C.CCCCCC(C)CCCC.CCc1ccc(Cn2c(C)nc3c2c(=O)n(C)c(=O)n3C)cc1. The summed E-state index contributed by atoms with van der Waals surface area (Å²) in [5.74, 6) is 1.69. The average Bonchev–Trinajstić information content (AvgIpc) is 3.23. The van der Waals surface area contributed by atoms with Gasteiger partial charge >= 0.3 is 5.69 Å². The fourth-order valence-electron chi connectivity index (χ4n) is 4.25. The summed E-state index contributed by atoms with van der Waals surface area (Å²) in [4.78, 5) is 29.0. The number of fused-ring (bicyclic) bond motifs is 1. The molecule has 2 aromatic heterocycles. The molecular formula is C30H48N4O2. The first kappa shape index (κ1) is 31.1. The molecule has 0 fully saturated rings. The Kier molecular flexibility index (Phi) is 13.8. The molecule has 0 aliphatic carbocycles. The fourth-order valence-corrected chi connectivity index (χ4v) is 4.25. The second kappa shape index (κ2) is 16.0. The minimum Gasteiger partial charge on any atom is -0.318 e. The second-order valence-electron chi connectivity index (χ2n) is 9.54. The summed E-state index contributed by atoms with van der Waals surface area (Å²) in [6, 6.07) is 8.32. The van der Waals surface area contributed by atoms with E-state index in [1.165, 1.54) is 62.1 Å². The van der Waals surface area contributed by atoms with Crippen LogP contribution in [0.5, 0.6) is 0 Å². The number of rotatable bonds is 10. The lowest BCUT2D eigenvalue weighted by molar-refractivity contribution is 0.448. The zero-order valence-electron chi connectivity index (χ0n) is 23.8. The maximum absolute atomic E-state index is 12.5. The number of imidazole rings is 1. The number of hydrogen-bond acceptors (Lipinski definition) is 3. The molecule has 1 atom stereocenters. The maximum Gasteiger partial charge on any atom is 0.332 e. The van der Waals surface area contributed by atoms with E-state index in [1.807, 2.05) is 11.5 Å². The van der Waals surface area contributed by atoms with Crippen molar-refractivity contribution in [2.45, 2.75) is 92.5 Å². The van der Waals surface area contributed by atoms with Gasteiger partial charge in [0.1, 0.15) is 5.82 Å². The van der Waals surface area contributed by atoms with Gasteiger partial charge in [-0.2, -0.15) is 0 Å². The van der Waals surface area contributed by atoms with Gasteiger partial charge < -0.3 is 4.57 Å². The molecule has 0 amide bonds. The molecule has 0 saturated carbocycles. The Morgan fingerprint density at radius 2 is 1.42 bits per heavy atom. The second-order valence-corrected chi connectivity index (χ2v) is 9.54. The Morgan fingerprint density at radius 3 is 1.97 bits per heavy atom. The highest BCUT2D eigenvalue weighted by atomic mass is 16.2. The molecule has 6 nitrogen and oxygen atoms in total. The summed E-state index contributed by atoms with van der Waals surface area (Å²) in [6.07, 6.45) is 10.9. The first-order valence-corrected chi connectivity index (χ1v) is 13.5. The fraction of sp³-hybridized carbons (Fsp3) is 0.567. The van der Waals surface area contributed by atoms with Crippen molar-refractivity contribution in [1.82, 2.24) is 18.7 Å². The normalized spacial score (nSPS) is 11.4. The Hall–Kier alpha value is -2.89. The lowest BCUT2D eigenvalue weighted by Gasteiger charge is -2.09. The molecule has 36 heavy (non-hydrogen) atoms. The van der Waals surface area contributed by atoms with Crippen LogP contribution in [-0.4, -0.2) is 18.7 Å². The average molecular weight is 497 g/mol. The van der Waals surface area contributed by atoms with E-state index >= 15 is 0 Å². The van der Waals surface area contributed by atoms with Gasteiger partial charge in [0.05, 0.1) is 0 Å². The first-order valence-electron chi connectivity index (χ1n) is 13.5.